The Balaban J connectivity index is 1.82. The van der Waals surface area contributed by atoms with Crippen LogP contribution in [0.4, 0.5) is 4.79 Å². The molecule has 0 aromatic carbocycles. The summed E-state index contributed by atoms with van der Waals surface area (Å²) in [4.78, 5) is 17.5. The molecule has 0 unspecified atom stereocenters. The van der Waals surface area contributed by atoms with Crippen molar-refractivity contribution in [1.82, 2.24) is 15.1 Å². The number of likely N-dealkylation sites (N-methyl/N-ethyl adjacent to an activating group) is 1. The van der Waals surface area contributed by atoms with E-state index in [1.807, 2.05) is 25.1 Å². The van der Waals surface area contributed by atoms with Crippen LogP contribution in [0.3, 0.4) is 0 Å². The lowest BCUT2D eigenvalue weighted by molar-refractivity contribution is 0.136. The lowest BCUT2D eigenvalue weighted by atomic mass is 9.98. The first-order valence-corrected chi connectivity index (χ1v) is 8.33. The summed E-state index contributed by atoms with van der Waals surface area (Å²) < 4.78 is 0. The fourth-order valence-corrected chi connectivity index (χ4v) is 3.56. The first-order valence-electron chi connectivity index (χ1n) is 7.45. The van der Waals surface area contributed by atoms with Gasteiger partial charge < -0.3 is 20.2 Å². The highest BCUT2D eigenvalue weighted by molar-refractivity contribution is 7.10. The molecule has 0 aliphatic carbocycles. The van der Waals surface area contributed by atoms with Crippen molar-refractivity contribution in [2.45, 2.75) is 18.9 Å². The molecule has 1 aromatic heterocycles. The van der Waals surface area contributed by atoms with Gasteiger partial charge >= 0.3 is 6.03 Å². The number of aliphatic hydroxyl groups excluding tert-OH is 1. The largest absolute Gasteiger partial charge is 0.396 e. The van der Waals surface area contributed by atoms with Crippen LogP contribution in [0.1, 0.15) is 23.8 Å². The zero-order chi connectivity index (χ0) is 15.2. The molecule has 0 saturated carbocycles. The molecule has 118 valence electrons. The molecule has 1 atom stereocenters. The van der Waals surface area contributed by atoms with Crippen LogP contribution in [0.2, 0.25) is 0 Å². The van der Waals surface area contributed by atoms with Crippen LogP contribution in [0.5, 0.6) is 0 Å². The third-order valence-electron chi connectivity index (χ3n) is 4.10. The summed E-state index contributed by atoms with van der Waals surface area (Å²) in [5.41, 5.74) is 0. The number of nitrogens with one attached hydrogen (secondary N) is 1. The predicted octanol–water partition coefficient (Wildman–Crippen LogP) is 1.76. The molecule has 1 aliphatic heterocycles. The van der Waals surface area contributed by atoms with Crippen molar-refractivity contribution in [3.63, 3.8) is 0 Å². The van der Waals surface area contributed by atoms with Gasteiger partial charge in [0, 0.05) is 31.1 Å². The summed E-state index contributed by atoms with van der Waals surface area (Å²) in [6, 6.07) is 4.37. The van der Waals surface area contributed by atoms with Crippen molar-refractivity contribution in [2.24, 2.45) is 5.92 Å². The number of piperidine rings is 1. The van der Waals surface area contributed by atoms with Gasteiger partial charge in [-0.15, -0.1) is 11.3 Å². The van der Waals surface area contributed by atoms with E-state index in [9.17, 15) is 4.79 Å². The van der Waals surface area contributed by atoms with Crippen LogP contribution in [0, 0.1) is 5.92 Å². The van der Waals surface area contributed by atoms with Crippen LogP contribution >= 0.6 is 11.3 Å². The second-order valence-electron chi connectivity index (χ2n) is 5.79. The van der Waals surface area contributed by atoms with Gasteiger partial charge in [-0.05, 0) is 44.3 Å². The maximum atomic E-state index is 12.2. The molecule has 2 amide bonds. The summed E-state index contributed by atoms with van der Waals surface area (Å²) in [5.74, 6) is 0.356. The van der Waals surface area contributed by atoms with E-state index in [1.54, 1.807) is 11.3 Å². The maximum Gasteiger partial charge on any atom is 0.317 e. The monoisotopic (exact) mass is 311 g/mol. The minimum atomic E-state index is 0.00907. The fraction of sp³-hybridized carbons (Fsp3) is 0.667. The van der Waals surface area contributed by atoms with E-state index < -0.39 is 0 Å². The van der Waals surface area contributed by atoms with E-state index >= 15 is 0 Å². The maximum absolute atomic E-state index is 12.2. The Morgan fingerprint density at radius 1 is 1.52 bits per heavy atom. The number of amides is 2. The third kappa shape index (κ3) is 4.43. The Morgan fingerprint density at radius 2 is 2.24 bits per heavy atom. The molecule has 2 N–H and O–H groups in total. The van der Waals surface area contributed by atoms with Gasteiger partial charge in [0.2, 0.25) is 0 Å². The van der Waals surface area contributed by atoms with Gasteiger partial charge in [0.15, 0.2) is 0 Å². The highest BCUT2D eigenvalue weighted by Crippen LogP contribution is 2.22. The summed E-state index contributed by atoms with van der Waals surface area (Å²) in [6.45, 7) is 2.33. The number of carbonyl (C=O) groups excluding carboxylic acids is 1. The normalized spacial score (nSPS) is 18.0. The molecule has 1 saturated heterocycles. The van der Waals surface area contributed by atoms with Crippen LogP contribution in [0.25, 0.3) is 0 Å². The molecular formula is C15H25N3O2S. The number of likely N-dealkylation sites (tertiary alicyclic amines) is 1. The van der Waals surface area contributed by atoms with Crippen molar-refractivity contribution in [2.75, 3.05) is 40.3 Å². The summed E-state index contributed by atoms with van der Waals surface area (Å²) >= 11 is 1.72. The van der Waals surface area contributed by atoms with Gasteiger partial charge in [-0.25, -0.2) is 4.79 Å². The van der Waals surface area contributed by atoms with E-state index in [4.69, 9.17) is 5.11 Å². The molecule has 0 radical (unpaired) electrons. The molecular weight excluding hydrogens is 286 g/mol. The van der Waals surface area contributed by atoms with Crippen molar-refractivity contribution in [3.05, 3.63) is 22.4 Å². The van der Waals surface area contributed by atoms with Crippen LogP contribution in [-0.4, -0.2) is 61.3 Å². The average molecular weight is 311 g/mol. The Hall–Kier alpha value is -1.11. The van der Waals surface area contributed by atoms with Crippen molar-refractivity contribution in [3.8, 4) is 0 Å². The van der Waals surface area contributed by atoms with Crippen molar-refractivity contribution in [1.29, 1.82) is 0 Å². The Morgan fingerprint density at radius 3 is 2.76 bits per heavy atom. The quantitative estimate of drug-likeness (QED) is 0.871. The Labute approximate surface area is 130 Å². The zero-order valence-corrected chi connectivity index (χ0v) is 13.6. The Bertz CT molecular complexity index is 428. The number of urea groups is 1. The number of thiophene rings is 1. The van der Waals surface area contributed by atoms with Crippen molar-refractivity contribution < 1.29 is 9.90 Å². The number of hydrogen-bond donors (Lipinski definition) is 2. The predicted molar refractivity (Wildman–Crippen MR) is 85.5 cm³/mol. The summed E-state index contributed by atoms with van der Waals surface area (Å²) in [5, 5.41) is 14.2. The molecule has 0 bridgehead atoms. The molecule has 21 heavy (non-hydrogen) atoms. The second kappa shape index (κ2) is 7.77. The van der Waals surface area contributed by atoms with Crippen LogP contribution in [0.15, 0.2) is 17.5 Å². The SMILES string of the molecule is CN(C)[C@H](CNC(=O)N1CCC(CO)CC1)c1cccs1. The zero-order valence-electron chi connectivity index (χ0n) is 12.8. The number of nitrogens with zero attached hydrogens (tertiary/aromatic N) is 2. The van der Waals surface area contributed by atoms with E-state index in [-0.39, 0.29) is 18.7 Å². The third-order valence-corrected chi connectivity index (χ3v) is 5.08. The van der Waals surface area contributed by atoms with Gasteiger partial charge in [0.1, 0.15) is 0 Å². The molecule has 1 aromatic rings. The molecule has 2 rings (SSSR count). The van der Waals surface area contributed by atoms with Crippen LogP contribution in [-0.2, 0) is 0 Å². The lowest BCUT2D eigenvalue weighted by Crippen LogP contribution is -2.46. The van der Waals surface area contributed by atoms with Gasteiger partial charge in [0.05, 0.1) is 6.04 Å². The summed E-state index contributed by atoms with van der Waals surface area (Å²) in [7, 11) is 4.06. The van der Waals surface area contributed by atoms with Crippen LogP contribution < -0.4 is 5.32 Å². The molecule has 0 spiro atoms. The average Bonchev–Trinajstić information content (AvgIpc) is 3.01. The number of hydrogen-bond acceptors (Lipinski definition) is 4. The standard InChI is InChI=1S/C15H25N3O2S/c1-17(2)13(14-4-3-9-21-14)10-16-15(20)18-7-5-12(11-19)6-8-18/h3-4,9,12-13,19H,5-8,10-11H2,1-2H3,(H,16,20)/t13-/m1/s1. The van der Waals surface area contributed by atoms with E-state index in [1.165, 1.54) is 4.88 Å². The lowest BCUT2D eigenvalue weighted by Gasteiger charge is -2.32. The minimum Gasteiger partial charge on any atom is -0.396 e. The highest BCUT2D eigenvalue weighted by Gasteiger charge is 2.23. The number of carbonyl (C=O) groups is 1. The van der Waals surface area contributed by atoms with Gasteiger partial charge in [-0.3, -0.25) is 0 Å². The molecule has 6 heteroatoms. The number of aliphatic hydroxyl groups is 1. The highest BCUT2D eigenvalue weighted by atomic mass is 32.1. The first-order chi connectivity index (χ1) is 10.1. The van der Waals surface area contributed by atoms with E-state index in [0.29, 0.717) is 12.5 Å². The molecule has 1 aliphatic rings. The topological polar surface area (TPSA) is 55.8 Å². The second-order valence-corrected chi connectivity index (χ2v) is 6.77. The molecule has 2 heterocycles. The van der Waals surface area contributed by atoms with Gasteiger partial charge in [-0.2, -0.15) is 0 Å². The number of rotatable bonds is 5. The minimum absolute atomic E-state index is 0.00907. The van der Waals surface area contributed by atoms with E-state index in [2.05, 4.69) is 21.7 Å². The fourth-order valence-electron chi connectivity index (χ4n) is 2.63. The summed E-state index contributed by atoms with van der Waals surface area (Å²) in [6.07, 6.45) is 1.79. The van der Waals surface area contributed by atoms with Gasteiger partial charge in [0.25, 0.3) is 0 Å². The first kappa shape index (κ1) is 16.3. The van der Waals surface area contributed by atoms with E-state index in [0.717, 1.165) is 25.9 Å². The van der Waals surface area contributed by atoms with Gasteiger partial charge in [-0.1, -0.05) is 6.07 Å². The van der Waals surface area contributed by atoms with Crippen molar-refractivity contribution >= 4 is 17.4 Å². The molecule has 1 fully saturated rings. The molecule has 5 nitrogen and oxygen atoms in total. The Kier molecular flexibility index (Phi) is 6.02. The smallest absolute Gasteiger partial charge is 0.317 e.